The minimum absolute atomic E-state index is 0.290. The van der Waals surface area contributed by atoms with Gasteiger partial charge in [0.2, 0.25) is 0 Å². The number of aromatic nitrogens is 1. The van der Waals surface area contributed by atoms with Crippen LogP contribution in [-0.4, -0.2) is 4.98 Å². The molecule has 4 aromatic rings. The molecule has 0 amide bonds. The van der Waals surface area contributed by atoms with Crippen molar-refractivity contribution < 1.29 is 4.42 Å². The van der Waals surface area contributed by atoms with Crippen molar-refractivity contribution in [1.29, 1.82) is 0 Å². The number of nitrogens with two attached hydrogens (primary N) is 1. The molecule has 6 rings (SSSR count). The maximum Gasteiger partial charge on any atom is 0.417 e. The van der Waals surface area contributed by atoms with Crippen LogP contribution in [0.1, 0.15) is 40.2 Å². The van der Waals surface area contributed by atoms with E-state index in [9.17, 15) is 4.79 Å². The van der Waals surface area contributed by atoms with Gasteiger partial charge in [-0.3, -0.25) is 4.98 Å². The number of fused-ring (bicyclic) bond motifs is 6. The lowest BCUT2D eigenvalue weighted by molar-refractivity contribution is 0.555. The molecule has 1 aromatic heterocycles. The van der Waals surface area contributed by atoms with Crippen LogP contribution in [0.15, 0.2) is 75.9 Å². The summed E-state index contributed by atoms with van der Waals surface area (Å²) >= 11 is 0. The van der Waals surface area contributed by atoms with E-state index in [2.05, 4.69) is 59.6 Å². The molecule has 1 fully saturated rings. The maximum absolute atomic E-state index is 11.5. The summed E-state index contributed by atoms with van der Waals surface area (Å²) in [5.74, 6) is -0.0846. The summed E-state index contributed by atoms with van der Waals surface area (Å²) in [7, 11) is 0. The van der Waals surface area contributed by atoms with E-state index >= 15 is 0 Å². The summed E-state index contributed by atoms with van der Waals surface area (Å²) in [6.45, 7) is 0. The Hall–Kier alpha value is -3.37. The zero-order valence-electron chi connectivity index (χ0n) is 15.1. The van der Waals surface area contributed by atoms with Gasteiger partial charge in [-0.25, -0.2) is 4.79 Å². The Morgan fingerprint density at radius 1 is 1.04 bits per heavy atom. The second-order valence-electron chi connectivity index (χ2n) is 7.76. The van der Waals surface area contributed by atoms with E-state index in [1.807, 2.05) is 18.2 Å². The Labute approximate surface area is 161 Å². The number of hydrogen-bond acceptors (Lipinski definition) is 3. The monoisotopic (exact) mass is 366 g/mol. The predicted molar refractivity (Wildman–Crippen MR) is 110 cm³/mol. The number of rotatable bonds is 1. The molecule has 2 aliphatic carbocycles. The highest BCUT2D eigenvalue weighted by molar-refractivity contribution is 5.96. The third kappa shape index (κ3) is 2.12. The Bertz CT molecular complexity index is 1340. The Balaban J connectivity index is 1.63. The van der Waals surface area contributed by atoms with E-state index in [4.69, 9.17) is 10.2 Å². The van der Waals surface area contributed by atoms with Crippen LogP contribution in [-0.2, 0) is 5.54 Å². The van der Waals surface area contributed by atoms with Gasteiger partial charge in [0.05, 0.1) is 5.52 Å². The summed E-state index contributed by atoms with van der Waals surface area (Å²) in [6, 6.07) is 22.8. The largest absolute Gasteiger partial charge is 0.417 e. The van der Waals surface area contributed by atoms with Crippen LogP contribution in [0.3, 0.4) is 0 Å². The molecule has 1 saturated carbocycles. The van der Waals surface area contributed by atoms with Crippen LogP contribution in [0.25, 0.3) is 22.7 Å². The van der Waals surface area contributed by atoms with E-state index in [0.29, 0.717) is 17.0 Å². The van der Waals surface area contributed by atoms with Gasteiger partial charge in [0.25, 0.3) is 0 Å². The molecule has 0 bridgehead atoms. The van der Waals surface area contributed by atoms with E-state index in [-0.39, 0.29) is 5.54 Å². The standard InChI is InChI=1S/C24H18N2O2/c25-24-13-20(24)16-6-2-1-5-15(16)18(17-7-3-4-8-19(17)24)11-14-9-10-22-21(12-14)26-23(27)28-22/h1-12,20H,13,25H2,(H,26,27)/t20-,24-/m1/s1. The Morgan fingerprint density at radius 2 is 1.82 bits per heavy atom. The third-order valence-corrected chi connectivity index (χ3v) is 6.10. The summed E-state index contributed by atoms with van der Waals surface area (Å²) in [5.41, 5.74) is 14.9. The topological polar surface area (TPSA) is 72.0 Å². The van der Waals surface area contributed by atoms with Crippen molar-refractivity contribution in [3.8, 4) is 0 Å². The normalized spacial score (nSPS) is 23.8. The molecule has 3 N–H and O–H groups in total. The SMILES string of the molecule is N[C@@]12C[C@@H]1c1ccccc1C(=Cc1ccc3oc(=O)[nH]c3c1)c1ccccc12. The average molecular weight is 366 g/mol. The van der Waals surface area contributed by atoms with Crippen molar-refractivity contribution in [3.63, 3.8) is 0 Å². The first-order valence-corrected chi connectivity index (χ1v) is 9.46. The lowest BCUT2D eigenvalue weighted by atomic mass is 9.90. The van der Waals surface area contributed by atoms with Gasteiger partial charge in [0.15, 0.2) is 5.58 Å². The maximum atomic E-state index is 11.5. The molecule has 0 spiro atoms. The first-order chi connectivity index (χ1) is 13.6. The fourth-order valence-electron chi connectivity index (χ4n) is 4.66. The smallest absolute Gasteiger partial charge is 0.408 e. The van der Waals surface area contributed by atoms with E-state index in [0.717, 1.165) is 17.6 Å². The van der Waals surface area contributed by atoms with Crippen LogP contribution in [0, 0.1) is 0 Å². The number of benzene rings is 3. The van der Waals surface area contributed by atoms with Crippen molar-refractivity contribution >= 4 is 22.7 Å². The second-order valence-corrected chi connectivity index (χ2v) is 7.76. The molecule has 4 heteroatoms. The summed E-state index contributed by atoms with van der Waals surface area (Å²) < 4.78 is 5.13. The van der Waals surface area contributed by atoms with Gasteiger partial charge in [-0.15, -0.1) is 0 Å². The quantitative estimate of drug-likeness (QED) is 0.526. The third-order valence-electron chi connectivity index (χ3n) is 6.10. The number of H-pyrrole nitrogens is 1. The first-order valence-electron chi connectivity index (χ1n) is 9.46. The molecule has 2 atom stereocenters. The first kappa shape index (κ1) is 15.7. The van der Waals surface area contributed by atoms with Crippen LogP contribution in [0.5, 0.6) is 0 Å². The van der Waals surface area contributed by atoms with Crippen molar-refractivity contribution in [2.45, 2.75) is 17.9 Å². The number of hydrogen-bond donors (Lipinski definition) is 2. The van der Waals surface area contributed by atoms with E-state index < -0.39 is 5.76 Å². The van der Waals surface area contributed by atoms with Crippen LogP contribution in [0.2, 0.25) is 0 Å². The van der Waals surface area contributed by atoms with Crippen molar-refractivity contribution in [2.24, 2.45) is 5.73 Å². The molecule has 28 heavy (non-hydrogen) atoms. The van der Waals surface area contributed by atoms with Crippen molar-refractivity contribution in [2.75, 3.05) is 0 Å². The van der Waals surface area contributed by atoms with Crippen LogP contribution < -0.4 is 11.5 Å². The summed E-state index contributed by atoms with van der Waals surface area (Å²) in [5, 5.41) is 0. The molecular formula is C24H18N2O2. The van der Waals surface area contributed by atoms with Gasteiger partial charge in [0.1, 0.15) is 0 Å². The van der Waals surface area contributed by atoms with E-state index in [1.54, 1.807) is 0 Å². The minimum Gasteiger partial charge on any atom is -0.408 e. The highest BCUT2D eigenvalue weighted by atomic mass is 16.4. The van der Waals surface area contributed by atoms with Gasteiger partial charge in [-0.05, 0) is 58.0 Å². The molecule has 2 aliphatic rings. The number of nitrogens with one attached hydrogen (secondary N) is 1. The molecular weight excluding hydrogens is 348 g/mol. The van der Waals surface area contributed by atoms with E-state index in [1.165, 1.54) is 22.3 Å². The van der Waals surface area contributed by atoms with Gasteiger partial charge in [-0.2, -0.15) is 0 Å². The average Bonchev–Trinajstić information content (AvgIpc) is 3.27. The lowest BCUT2D eigenvalue weighted by Gasteiger charge is -2.16. The molecule has 0 saturated heterocycles. The molecule has 3 aromatic carbocycles. The van der Waals surface area contributed by atoms with Gasteiger partial charge >= 0.3 is 5.76 Å². The Kier molecular flexibility index (Phi) is 2.98. The van der Waals surface area contributed by atoms with Crippen LogP contribution >= 0.6 is 0 Å². The zero-order chi connectivity index (χ0) is 18.9. The highest BCUT2D eigenvalue weighted by Crippen LogP contribution is 2.61. The Morgan fingerprint density at radius 3 is 2.71 bits per heavy atom. The molecule has 0 aliphatic heterocycles. The molecule has 4 nitrogen and oxygen atoms in total. The number of aromatic amines is 1. The second kappa shape index (κ2) is 5.33. The van der Waals surface area contributed by atoms with Gasteiger partial charge in [-0.1, -0.05) is 54.6 Å². The summed E-state index contributed by atoms with van der Waals surface area (Å²) in [4.78, 5) is 14.2. The van der Waals surface area contributed by atoms with Crippen molar-refractivity contribution in [3.05, 3.63) is 105 Å². The molecule has 1 heterocycles. The van der Waals surface area contributed by atoms with Gasteiger partial charge < -0.3 is 10.2 Å². The van der Waals surface area contributed by atoms with Crippen LogP contribution in [0.4, 0.5) is 0 Å². The fourth-order valence-corrected chi connectivity index (χ4v) is 4.66. The number of oxazole rings is 1. The molecule has 0 unspecified atom stereocenters. The molecule has 0 radical (unpaired) electrons. The van der Waals surface area contributed by atoms with Gasteiger partial charge in [0, 0.05) is 11.5 Å². The van der Waals surface area contributed by atoms with Crippen molar-refractivity contribution in [1.82, 2.24) is 4.98 Å². The lowest BCUT2D eigenvalue weighted by Crippen LogP contribution is -2.22. The fraction of sp³-hybridized carbons (Fsp3) is 0.125. The minimum atomic E-state index is -0.435. The summed E-state index contributed by atoms with van der Waals surface area (Å²) in [6.07, 6.45) is 3.16. The predicted octanol–water partition coefficient (Wildman–Crippen LogP) is 4.36. The molecule has 136 valence electrons. The zero-order valence-corrected chi connectivity index (χ0v) is 15.1. The highest BCUT2D eigenvalue weighted by Gasteiger charge is 2.56.